The second kappa shape index (κ2) is 3.80. The van der Waals surface area contributed by atoms with Crippen molar-refractivity contribution in [2.45, 2.75) is 12.8 Å². The first kappa shape index (κ1) is 6.96. The van der Waals surface area contributed by atoms with E-state index >= 15 is 0 Å². The molecule has 0 amide bonds. The molecule has 1 aromatic heterocycles. The van der Waals surface area contributed by atoms with E-state index in [9.17, 15) is 0 Å². The van der Waals surface area contributed by atoms with Gasteiger partial charge in [-0.05, 0) is 18.0 Å². The fourth-order valence-electron chi connectivity index (χ4n) is 0.524. The molecule has 0 aliphatic heterocycles. The predicted molar refractivity (Wildman–Crippen MR) is 39.0 cm³/mol. The van der Waals surface area contributed by atoms with Crippen LogP contribution in [0.15, 0.2) is 6.33 Å². The lowest BCUT2D eigenvalue weighted by Gasteiger charge is -1.86. The second-order valence-electron chi connectivity index (χ2n) is 1.63. The molecular formula is C5H7ClN2S. The molecule has 0 N–H and O–H groups in total. The maximum Gasteiger partial charge on any atom is 0.129 e. The van der Waals surface area contributed by atoms with Gasteiger partial charge in [-0.2, -0.15) is 4.37 Å². The van der Waals surface area contributed by atoms with Crippen molar-refractivity contribution in [1.82, 2.24) is 9.36 Å². The van der Waals surface area contributed by atoms with E-state index < -0.39 is 0 Å². The maximum atomic E-state index is 5.47. The second-order valence-corrected chi connectivity index (χ2v) is 2.87. The van der Waals surface area contributed by atoms with Crippen LogP contribution in [-0.4, -0.2) is 15.2 Å². The minimum atomic E-state index is 0.708. The number of aromatic nitrogens is 2. The van der Waals surface area contributed by atoms with E-state index in [1.807, 2.05) is 0 Å². The third-order valence-corrected chi connectivity index (χ3v) is 1.92. The summed E-state index contributed by atoms with van der Waals surface area (Å²) in [6.07, 6.45) is 3.54. The smallest absolute Gasteiger partial charge is 0.129 e. The largest absolute Gasteiger partial charge is 0.228 e. The fourth-order valence-corrected chi connectivity index (χ4v) is 1.20. The molecular weight excluding hydrogens is 156 g/mol. The van der Waals surface area contributed by atoms with Crippen LogP contribution >= 0.6 is 23.1 Å². The molecule has 0 fully saturated rings. The van der Waals surface area contributed by atoms with Gasteiger partial charge < -0.3 is 0 Å². The van der Waals surface area contributed by atoms with Gasteiger partial charge >= 0.3 is 0 Å². The minimum Gasteiger partial charge on any atom is -0.228 e. The Kier molecular flexibility index (Phi) is 2.94. The number of hydrogen-bond donors (Lipinski definition) is 0. The lowest BCUT2D eigenvalue weighted by atomic mass is 10.4. The highest BCUT2D eigenvalue weighted by atomic mass is 35.5. The van der Waals surface area contributed by atoms with E-state index in [4.69, 9.17) is 11.6 Å². The van der Waals surface area contributed by atoms with Crippen LogP contribution in [0.2, 0.25) is 0 Å². The fraction of sp³-hybridized carbons (Fsp3) is 0.600. The van der Waals surface area contributed by atoms with Crippen molar-refractivity contribution in [3.8, 4) is 0 Å². The molecule has 1 heterocycles. The van der Waals surface area contributed by atoms with Gasteiger partial charge in [0.1, 0.15) is 11.3 Å². The van der Waals surface area contributed by atoms with Gasteiger partial charge in [0.05, 0.1) is 0 Å². The molecule has 0 atom stereocenters. The average molecular weight is 163 g/mol. The zero-order valence-corrected chi connectivity index (χ0v) is 6.45. The Morgan fingerprint density at radius 2 is 2.56 bits per heavy atom. The molecule has 0 bridgehead atoms. The molecule has 50 valence electrons. The standard InChI is InChI=1S/C5H7ClN2S/c6-3-1-2-5-7-4-8-9-5/h4H,1-3H2. The number of aryl methyl sites for hydroxylation is 1. The number of alkyl halides is 1. The van der Waals surface area contributed by atoms with Gasteiger partial charge in [-0.15, -0.1) is 11.6 Å². The molecule has 1 rings (SSSR count). The van der Waals surface area contributed by atoms with Crippen LogP contribution in [0.3, 0.4) is 0 Å². The molecule has 0 aliphatic rings. The van der Waals surface area contributed by atoms with Crippen LogP contribution in [0.5, 0.6) is 0 Å². The number of nitrogens with zero attached hydrogens (tertiary/aromatic N) is 2. The molecule has 0 aliphatic carbocycles. The molecule has 0 saturated heterocycles. The van der Waals surface area contributed by atoms with Crippen LogP contribution in [0.1, 0.15) is 11.4 Å². The van der Waals surface area contributed by atoms with Gasteiger partial charge in [0, 0.05) is 12.3 Å². The number of hydrogen-bond acceptors (Lipinski definition) is 3. The third kappa shape index (κ3) is 2.28. The van der Waals surface area contributed by atoms with Gasteiger partial charge in [0.2, 0.25) is 0 Å². The molecule has 0 radical (unpaired) electrons. The molecule has 9 heavy (non-hydrogen) atoms. The zero-order chi connectivity index (χ0) is 6.53. The maximum absolute atomic E-state index is 5.47. The van der Waals surface area contributed by atoms with Crippen LogP contribution in [0, 0.1) is 0 Å². The van der Waals surface area contributed by atoms with Gasteiger partial charge in [-0.1, -0.05) is 0 Å². The van der Waals surface area contributed by atoms with Crippen molar-refractivity contribution < 1.29 is 0 Å². The molecule has 0 spiro atoms. The van der Waals surface area contributed by atoms with Crippen LogP contribution < -0.4 is 0 Å². The monoisotopic (exact) mass is 162 g/mol. The predicted octanol–water partition coefficient (Wildman–Crippen LogP) is 1.71. The van der Waals surface area contributed by atoms with Crippen molar-refractivity contribution in [3.63, 3.8) is 0 Å². The first-order chi connectivity index (χ1) is 4.43. The molecule has 0 saturated carbocycles. The molecule has 4 heteroatoms. The quantitative estimate of drug-likeness (QED) is 0.633. The Balaban J connectivity index is 2.30. The summed E-state index contributed by atoms with van der Waals surface area (Å²) in [7, 11) is 0. The third-order valence-electron chi connectivity index (χ3n) is 0.931. The van der Waals surface area contributed by atoms with Crippen molar-refractivity contribution in [2.75, 3.05) is 5.88 Å². The zero-order valence-electron chi connectivity index (χ0n) is 4.88. The summed E-state index contributed by atoms with van der Waals surface area (Å²) < 4.78 is 3.86. The van der Waals surface area contributed by atoms with E-state index in [0.29, 0.717) is 5.88 Å². The van der Waals surface area contributed by atoms with Gasteiger partial charge in [0.15, 0.2) is 0 Å². The van der Waals surface area contributed by atoms with Gasteiger partial charge in [-0.3, -0.25) is 0 Å². The Morgan fingerprint density at radius 1 is 1.67 bits per heavy atom. The van der Waals surface area contributed by atoms with Gasteiger partial charge in [-0.25, -0.2) is 4.98 Å². The number of rotatable bonds is 3. The molecule has 2 nitrogen and oxygen atoms in total. The first-order valence-electron chi connectivity index (χ1n) is 2.75. The summed E-state index contributed by atoms with van der Waals surface area (Å²) in [5.74, 6) is 0.708. The highest BCUT2D eigenvalue weighted by Gasteiger charge is 1.93. The summed E-state index contributed by atoms with van der Waals surface area (Å²) in [6.45, 7) is 0. The Bertz CT molecular complexity index is 152. The highest BCUT2D eigenvalue weighted by Crippen LogP contribution is 2.03. The van der Waals surface area contributed by atoms with E-state index in [0.717, 1.165) is 17.8 Å². The normalized spacial score (nSPS) is 9.89. The molecule has 0 unspecified atom stereocenters. The van der Waals surface area contributed by atoms with Crippen molar-refractivity contribution in [1.29, 1.82) is 0 Å². The van der Waals surface area contributed by atoms with Crippen molar-refractivity contribution in [3.05, 3.63) is 11.3 Å². The lowest BCUT2D eigenvalue weighted by Crippen LogP contribution is -1.82. The van der Waals surface area contributed by atoms with E-state index in [-0.39, 0.29) is 0 Å². The summed E-state index contributed by atoms with van der Waals surface area (Å²) in [4.78, 5) is 4.00. The van der Waals surface area contributed by atoms with Crippen LogP contribution in [0.25, 0.3) is 0 Å². The van der Waals surface area contributed by atoms with E-state index in [2.05, 4.69) is 9.36 Å². The SMILES string of the molecule is ClCCCc1ncns1. The summed E-state index contributed by atoms with van der Waals surface area (Å²) in [5.41, 5.74) is 0. The van der Waals surface area contributed by atoms with E-state index in [1.165, 1.54) is 11.5 Å². The lowest BCUT2D eigenvalue weighted by molar-refractivity contribution is 0.914. The molecule has 0 aromatic carbocycles. The summed E-state index contributed by atoms with van der Waals surface area (Å²) in [5, 5.41) is 1.08. The first-order valence-corrected chi connectivity index (χ1v) is 4.06. The van der Waals surface area contributed by atoms with Crippen molar-refractivity contribution in [2.24, 2.45) is 0 Å². The minimum absolute atomic E-state index is 0.708. The topological polar surface area (TPSA) is 25.8 Å². The van der Waals surface area contributed by atoms with Crippen molar-refractivity contribution >= 4 is 23.1 Å². The molecule has 1 aromatic rings. The highest BCUT2D eigenvalue weighted by molar-refractivity contribution is 7.05. The Morgan fingerprint density at radius 3 is 3.11 bits per heavy atom. The Hall–Kier alpha value is -0.150. The number of halogens is 1. The van der Waals surface area contributed by atoms with Crippen LogP contribution in [0.4, 0.5) is 0 Å². The average Bonchev–Trinajstić information content (AvgIpc) is 2.34. The summed E-state index contributed by atoms with van der Waals surface area (Å²) in [6, 6.07) is 0. The Labute approximate surface area is 63.1 Å². The summed E-state index contributed by atoms with van der Waals surface area (Å²) >= 11 is 6.92. The van der Waals surface area contributed by atoms with Crippen LogP contribution in [-0.2, 0) is 6.42 Å². The van der Waals surface area contributed by atoms with Gasteiger partial charge in [0.25, 0.3) is 0 Å². The van der Waals surface area contributed by atoms with E-state index in [1.54, 1.807) is 6.33 Å².